The Morgan fingerprint density at radius 2 is 0.703 bits per heavy atom. The lowest BCUT2D eigenvalue weighted by atomic mass is 10.3. The summed E-state index contributed by atoms with van der Waals surface area (Å²) in [5, 5.41) is 3.38. The van der Waals surface area contributed by atoms with Crippen molar-refractivity contribution in [1.29, 1.82) is 0 Å². The highest BCUT2D eigenvalue weighted by atomic mass is 19.4. The zero-order valence-electron chi connectivity index (χ0n) is 22.6. The zero-order chi connectivity index (χ0) is 27.5. The molecule has 2 bridgehead atoms. The number of fused-ring (bicyclic) bond motifs is 21. The van der Waals surface area contributed by atoms with Crippen LogP contribution in [0.4, 0.5) is 26.3 Å². The Balaban J connectivity index is 2.30. The first kappa shape index (κ1) is 32.5. The first-order chi connectivity index (χ1) is 17.3. The molecular formula is C23H46F6N8. The van der Waals surface area contributed by atoms with Crippen LogP contribution in [0.15, 0.2) is 0 Å². The first-order valence-electron chi connectivity index (χ1n) is 13.2. The summed E-state index contributed by atoms with van der Waals surface area (Å²) in [5.74, 6) is 0. The predicted molar refractivity (Wildman–Crippen MR) is 133 cm³/mol. The van der Waals surface area contributed by atoms with E-state index < -0.39 is 25.7 Å². The van der Waals surface area contributed by atoms with E-state index >= 15 is 0 Å². The normalized spacial score (nSPS) is 28.8. The Morgan fingerprint density at radius 1 is 0.405 bits per heavy atom. The van der Waals surface area contributed by atoms with Gasteiger partial charge in [0.1, 0.15) is 0 Å². The molecule has 0 radical (unpaired) electrons. The van der Waals surface area contributed by atoms with Crippen molar-refractivity contribution in [3.63, 3.8) is 0 Å². The molecule has 14 heteroatoms. The van der Waals surface area contributed by atoms with Crippen LogP contribution in [0.2, 0.25) is 0 Å². The third-order valence-electron chi connectivity index (χ3n) is 7.26. The Labute approximate surface area is 218 Å². The molecule has 3 fully saturated rings. The SMILES string of the molecule is CN1CCN(C)CCN2CCN(C)CCNCCN(CC1)CCN(C(F)(F)F)CCN(C(F)(F)F)CC2. The van der Waals surface area contributed by atoms with Crippen molar-refractivity contribution in [1.82, 2.24) is 39.6 Å². The molecule has 0 aliphatic carbocycles. The molecule has 3 heterocycles. The number of likely N-dealkylation sites (N-methyl/N-ethyl adjacent to an activating group) is 3. The predicted octanol–water partition coefficient (Wildman–Crippen LogP) is 0.646. The fraction of sp³-hybridized carbons (Fsp3) is 1.00. The summed E-state index contributed by atoms with van der Waals surface area (Å²) in [6, 6.07) is 0. The van der Waals surface area contributed by atoms with Crippen molar-refractivity contribution in [2.75, 3.05) is 139 Å². The van der Waals surface area contributed by atoms with Gasteiger partial charge in [-0.15, -0.1) is 0 Å². The standard InChI is InChI=1S/C23H46F6N8/c1-31-6-4-30-5-7-34-13-11-32(2)8-9-33(3)12-15-35(14-10-31)17-19-37(23(27,28)29)21-20-36(18-16-34)22(24,25)26/h30H,4-21H2,1-3H3. The molecule has 8 nitrogen and oxygen atoms in total. The van der Waals surface area contributed by atoms with Crippen LogP contribution in [0.25, 0.3) is 0 Å². The maximum atomic E-state index is 13.8. The minimum Gasteiger partial charge on any atom is -0.314 e. The average molecular weight is 549 g/mol. The van der Waals surface area contributed by atoms with E-state index in [-0.39, 0.29) is 36.0 Å². The van der Waals surface area contributed by atoms with Crippen LogP contribution >= 0.6 is 0 Å². The van der Waals surface area contributed by atoms with Gasteiger partial charge in [-0.25, -0.2) is 9.80 Å². The summed E-state index contributed by atoms with van der Waals surface area (Å²) in [6.07, 6.45) is -9.39. The second kappa shape index (κ2) is 15.8. The Kier molecular flexibility index (Phi) is 13.8. The number of nitrogens with one attached hydrogen (secondary N) is 1. The molecule has 0 amide bonds. The molecule has 3 aliphatic heterocycles. The van der Waals surface area contributed by atoms with E-state index in [1.165, 1.54) is 0 Å². The largest absolute Gasteiger partial charge is 0.460 e. The molecular weight excluding hydrogens is 502 g/mol. The molecule has 2 atom stereocenters. The second-order valence-corrected chi connectivity index (χ2v) is 10.3. The highest BCUT2D eigenvalue weighted by molar-refractivity contribution is 4.74. The molecule has 0 aromatic heterocycles. The molecule has 0 aromatic rings. The number of nitrogens with zero attached hydrogens (tertiary/aromatic N) is 7. The van der Waals surface area contributed by atoms with Gasteiger partial charge in [0.05, 0.1) is 0 Å². The first-order valence-corrected chi connectivity index (χ1v) is 13.2. The molecule has 3 rings (SSSR count). The monoisotopic (exact) mass is 548 g/mol. The van der Waals surface area contributed by atoms with E-state index in [4.69, 9.17) is 0 Å². The number of halogens is 6. The summed E-state index contributed by atoms with van der Waals surface area (Å²) >= 11 is 0. The van der Waals surface area contributed by atoms with Crippen molar-refractivity contribution >= 4 is 0 Å². The molecule has 0 saturated carbocycles. The Bertz CT molecular complexity index is 623. The Hall–Kier alpha value is -0.740. The fourth-order valence-electron chi connectivity index (χ4n) is 4.41. The van der Waals surface area contributed by atoms with Gasteiger partial charge in [0.15, 0.2) is 0 Å². The molecule has 2 unspecified atom stereocenters. The van der Waals surface area contributed by atoms with Crippen LogP contribution in [0.5, 0.6) is 0 Å². The highest BCUT2D eigenvalue weighted by Gasteiger charge is 2.41. The lowest BCUT2D eigenvalue weighted by Crippen LogP contribution is -2.52. The molecule has 220 valence electrons. The number of rotatable bonds is 0. The lowest BCUT2D eigenvalue weighted by molar-refractivity contribution is -0.266. The van der Waals surface area contributed by atoms with Gasteiger partial charge in [-0.1, -0.05) is 0 Å². The smallest absolute Gasteiger partial charge is 0.314 e. The van der Waals surface area contributed by atoms with Gasteiger partial charge in [-0.2, -0.15) is 26.3 Å². The Morgan fingerprint density at radius 3 is 1.14 bits per heavy atom. The minimum absolute atomic E-state index is 0.134. The molecule has 0 spiro atoms. The van der Waals surface area contributed by atoms with Crippen LogP contribution in [0, 0.1) is 0 Å². The van der Waals surface area contributed by atoms with Crippen molar-refractivity contribution in [2.45, 2.75) is 12.6 Å². The van der Waals surface area contributed by atoms with E-state index in [2.05, 4.69) is 20.0 Å². The van der Waals surface area contributed by atoms with Gasteiger partial charge in [0, 0.05) is 118 Å². The van der Waals surface area contributed by atoms with Crippen LogP contribution in [-0.2, 0) is 0 Å². The molecule has 0 aromatic carbocycles. The minimum atomic E-state index is -4.69. The van der Waals surface area contributed by atoms with Crippen LogP contribution in [0.3, 0.4) is 0 Å². The van der Waals surface area contributed by atoms with Gasteiger partial charge in [0.2, 0.25) is 0 Å². The topological polar surface area (TPSA) is 34.7 Å². The van der Waals surface area contributed by atoms with E-state index in [9.17, 15) is 26.3 Å². The highest BCUT2D eigenvalue weighted by Crippen LogP contribution is 2.24. The average Bonchev–Trinajstić information content (AvgIpc) is 2.80. The lowest BCUT2D eigenvalue weighted by Gasteiger charge is -2.34. The third kappa shape index (κ3) is 13.2. The van der Waals surface area contributed by atoms with Crippen molar-refractivity contribution in [3.05, 3.63) is 0 Å². The zero-order valence-corrected chi connectivity index (χ0v) is 22.6. The van der Waals surface area contributed by atoms with Crippen molar-refractivity contribution < 1.29 is 26.3 Å². The quantitative estimate of drug-likeness (QED) is 0.349. The van der Waals surface area contributed by atoms with Gasteiger partial charge in [-0.3, -0.25) is 9.80 Å². The summed E-state index contributed by atoms with van der Waals surface area (Å²) in [7, 11) is 6.02. The number of hydrogen-bond donors (Lipinski definition) is 1. The maximum Gasteiger partial charge on any atom is 0.460 e. The molecule has 37 heavy (non-hydrogen) atoms. The second-order valence-electron chi connectivity index (χ2n) is 10.3. The third-order valence-corrected chi connectivity index (χ3v) is 7.26. The van der Waals surface area contributed by atoms with Gasteiger partial charge in [-0.05, 0) is 21.1 Å². The van der Waals surface area contributed by atoms with Crippen LogP contribution in [-0.4, -0.2) is 186 Å². The van der Waals surface area contributed by atoms with E-state index in [0.717, 1.165) is 26.2 Å². The van der Waals surface area contributed by atoms with Gasteiger partial charge in [0.25, 0.3) is 0 Å². The van der Waals surface area contributed by atoms with Crippen LogP contribution < -0.4 is 5.32 Å². The number of hydrogen-bond acceptors (Lipinski definition) is 8. The summed E-state index contributed by atoms with van der Waals surface area (Å²) in [6.45, 7) is 6.36. The summed E-state index contributed by atoms with van der Waals surface area (Å²) in [4.78, 5) is 10.9. The van der Waals surface area contributed by atoms with E-state index in [1.54, 1.807) is 0 Å². The molecule has 1 N–H and O–H groups in total. The van der Waals surface area contributed by atoms with E-state index in [0.29, 0.717) is 52.4 Å². The summed E-state index contributed by atoms with van der Waals surface area (Å²) < 4.78 is 82.7. The maximum absolute atomic E-state index is 13.8. The summed E-state index contributed by atoms with van der Waals surface area (Å²) in [5.41, 5.74) is 0. The van der Waals surface area contributed by atoms with Crippen LogP contribution in [0.1, 0.15) is 0 Å². The fourth-order valence-corrected chi connectivity index (χ4v) is 4.41. The van der Waals surface area contributed by atoms with Crippen molar-refractivity contribution in [3.8, 4) is 0 Å². The van der Waals surface area contributed by atoms with E-state index in [1.807, 2.05) is 30.9 Å². The van der Waals surface area contributed by atoms with Gasteiger partial charge < -0.3 is 20.0 Å². The number of alkyl halides is 6. The molecule has 3 aliphatic rings. The van der Waals surface area contributed by atoms with Crippen molar-refractivity contribution in [2.24, 2.45) is 0 Å². The molecule has 3 saturated heterocycles. The van der Waals surface area contributed by atoms with Gasteiger partial charge >= 0.3 is 12.6 Å².